The molecule has 0 atom stereocenters. The highest BCUT2D eigenvalue weighted by molar-refractivity contribution is 7.20. The second-order valence-corrected chi connectivity index (χ2v) is 7.28. The molecule has 3 nitrogen and oxygen atoms in total. The highest BCUT2D eigenvalue weighted by atomic mass is 35.5. The largest absolute Gasteiger partial charge is 0.371 e. The van der Waals surface area contributed by atoms with E-state index in [1.165, 1.54) is 11.3 Å². The van der Waals surface area contributed by atoms with Gasteiger partial charge in [0.15, 0.2) is 5.78 Å². The van der Waals surface area contributed by atoms with Gasteiger partial charge in [-0.1, -0.05) is 35.3 Å². The van der Waals surface area contributed by atoms with Crippen LogP contribution >= 0.6 is 34.5 Å². The number of hydrogen-bond donors (Lipinski definition) is 0. The van der Waals surface area contributed by atoms with Gasteiger partial charge >= 0.3 is 0 Å². The lowest BCUT2D eigenvalue weighted by atomic mass is 10.1. The van der Waals surface area contributed by atoms with Crippen LogP contribution in [0.3, 0.4) is 0 Å². The molecule has 2 heterocycles. The predicted octanol–water partition coefficient (Wildman–Crippen LogP) is 4.19. The van der Waals surface area contributed by atoms with Gasteiger partial charge in [-0.3, -0.25) is 4.79 Å². The van der Waals surface area contributed by atoms with Crippen molar-refractivity contribution in [1.29, 1.82) is 0 Å². The van der Waals surface area contributed by atoms with Crippen LogP contribution in [0.2, 0.25) is 8.67 Å². The Morgan fingerprint density at radius 3 is 2.62 bits per heavy atom. The van der Waals surface area contributed by atoms with Crippen LogP contribution in [-0.2, 0) is 0 Å². The molecule has 2 aromatic rings. The van der Waals surface area contributed by atoms with Gasteiger partial charge in [0.05, 0.1) is 27.8 Å². The molecule has 0 bridgehead atoms. The minimum Gasteiger partial charge on any atom is -0.371 e. The third kappa shape index (κ3) is 2.89. The predicted molar refractivity (Wildman–Crippen MR) is 90.6 cm³/mol. The minimum absolute atomic E-state index is 0.00232. The summed E-state index contributed by atoms with van der Waals surface area (Å²) in [6.45, 7) is 2.02. The third-order valence-electron chi connectivity index (χ3n) is 3.63. The fourth-order valence-electron chi connectivity index (χ4n) is 2.52. The summed E-state index contributed by atoms with van der Waals surface area (Å²) in [5, 5.41) is 0. The van der Waals surface area contributed by atoms with Gasteiger partial charge in [0.1, 0.15) is 4.34 Å². The summed E-state index contributed by atoms with van der Waals surface area (Å²) in [5.41, 5.74) is 2.74. The van der Waals surface area contributed by atoms with Crippen molar-refractivity contribution >= 4 is 51.7 Å². The van der Waals surface area contributed by atoms with Crippen LogP contribution in [0, 0.1) is 0 Å². The molecule has 1 aliphatic heterocycles. The van der Waals surface area contributed by atoms with Crippen LogP contribution in [0.15, 0.2) is 30.3 Å². The number of nitrogens with zero attached hydrogens (tertiary/aromatic N) is 2. The van der Waals surface area contributed by atoms with E-state index < -0.39 is 0 Å². The summed E-state index contributed by atoms with van der Waals surface area (Å²) >= 11 is 13.2. The van der Waals surface area contributed by atoms with E-state index >= 15 is 0 Å². The highest BCUT2D eigenvalue weighted by Crippen LogP contribution is 2.34. The molecule has 0 spiro atoms. The Labute approximate surface area is 137 Å². The molecule has 21 heavy (non-hydrogen) atoms. The molecule has 0 amide bonds. The van der Waals surface area contributed by atoms with Crippen molar-refractivity contribution in [3.63, 3.8) is 0 Å². The Kier molecular flexibility index (Phi) is 4.11. The lowest BCUT2D eigenvalue weighted by molar-refractivity contribution is 0.0999. The maximum atomic E-state index is 12.4. The van der Waals surface area contributed by atoms with Crippen LogP contribution in [0.25, 0.3) is 0 Å². The summed E-state index contributed by atoms with van der Waals surface area (Å²) in [7, 11) is 2.06. The number of carbonyl (C=O) groups excluding carboxylic acids is 1. The molecule has 0 unspecified atom stereocenters. The molecule has 0 N–H and O–H groups in total. The van der Waals surface area contributed by atoms with Crippen molar-refractivity contribution in [2.75, 3.05) is 36.5 Å². The van der Waals surface area contributed by atoms with Gasteiger partial charge in [0.2, 0.25) is 0 Å². The number of ketones is 1. The van der Waals surface area contributed by atoms with Crippen molar-refractivity contribution in [2.24, 2.45) is 0 Å². The number of anilines is 2. The third-order valence-corrected chi connectivity index (χ3v) is 5.12. The van der Waals surface area contributed by atoms with Crippen molar-refractivity contribution < 1.29 is 4.79 Å². The standard InChI is InChI=1S/C15H14Cl2N2OS/c1-18-6-7-19(12-5-3-2-4-11(12)18)9-13(20)10-8-14(16)21-15(10)17/h2-5,8H,6-7,9H2,1H3. The molecule has 1 aromatic carbocycles. The Morgan fingerprint density at radius 2 is 1.95 bits per heavy atom. The molecule has 0 radical (unpaired) electrons. The molecule has 1 aromatic heterocycles. The van der Waals surface area contributed by atoms with Gasteiger partial charge in [0, 0.05) is 20.1 Å². The number of Topliss-reactive ketones (excluding diaryl/α,β-unsaturated/α-hetero) is 1. The topological polar surface area (TPSA) is 23.6 Å². The van der Waals surface area contributed by atoms with Crippen molar-refractivity contribution in [1.82, 2.24) is 0 Å². The first-order chi connectivity index (χ1) is 10.1. The highest BCUT2D eigenvalue weighted by Gasteiger charge is 2.23. The molecule has 6 heteroatoms. The first-order valence-electron chi connectivity index (χ1n) is 6.59. The zero-order valence-corrected chi connectivity index (χ0v) is 13.8. The first-order valence-corrected chi connectivity index (χ1v) is 8.16. The molecule has 1 aliphatic rings. The van der Waals surface area contributed by atoms with Gasteiger partial charge in [-0.15, -0.1) is 11.3 Å². The summed E-state index contributed by atoms with van der Waals surface area (Å²) in [6, 6.07) is 9.76. The quantitative estimate of drug-likeness (QED) is 0.782. The number of carbonyl (C=O) groups is 1. The molecule has 0 saturated carbocycles. The molecule has 3 rings (SSSR count). The number of fused-ring (bicyclic) bond motifs is 1. The van der Waals surface area contributed by atoms with Crippen LogP contribution in [0.1, 0.15) is 10.4 Å². The SMILES string of the molecule is CN1CCN(CC(=O)c2cc(Cl)sc2Cl)c2ccccc21. The van der Waals surface area contributed by atoms with Gasteiger partial charge in [-0.05, 0) is 18.2 Å². The van der Waals surface area contributed by atoms with Crippen LogP contribution < -0.4 is 9.80 Å². The molecule has 0 fully saturated rings. The van der Waals surface area contributed by atoms with Gasteiger partial charge in [-0.25, -0.2) is 0 Å². The number of rotatable bonds is 3. The van der Waals surface area contributed by atoms with E-state index in [1.807, 2.05) is 18.2 Å². The molecule has 110 valence electrons. The monoisotopic (exact) mass is 340 g/mol. The summed E-state index contributed by atoms with van der Waals surface area (Å²) in [4.78, 5) is 16.7. The van der Waals surface area contributed by atoms with E-state index in [2.05, 4.69) is 22.9 Å². The maximum Gasteiger partial charge on any atom is 0.184 e. The van der Waals surface area contributed by atoms with Crippen LogP contribution in [-0.4, -0.2) is 32.5 Å². The molecular formula is C15H14Cl2N2OS. The maximum absolute atomic E-state index is 12.4. The van der Waals surface area contributed by atoms with E-state index in [0.29, 0.717) is 20.8 Å². The number of halogens is 2. The molecular weight excluding hydrogens is 327 g/mol. The number of likely N-dealkylation sites (N-methyl/N-ethyl adjacent to an activating group) is 1. The Balaban J connectivity index is 1.84. The normalized spacial score (nSPS) is 14.2. The summed E-state index contributed by atoms with van der Waals surface area (Å²) in [5.74, 6) is 0.00232. The number of hydrogen-bond acceptors (Lipinski definition) is 4. The van der Waals surface area contributed by atoms with Crippen molar-refractivity contribution in [2.45, 2.75) is 0 Å². The Morgan fingerprint density at radius 1 is 1.24 bits per heavy atom. The Bertz CT molecular complexity index is 686. The molecule has 0 aliphatic carbocycles. The van der Waals surface area contributed by atoms with E-state index in [9.17, 15) is 4.79 Å². The van der Waals surface area contributed by atoms with E-state index in [4.69, 9.17) is 23.2 Å². The average Bonchev–Trinajstić information content (AvgIpc) is 2.81. The lowest BCUT2D eigenvalue weighted by Gasteiger charge is -2.36. The van der Waals surface area contributed by atoms with E-state index in [0.717, 1.165) is 24.5 Å². The van der Waals surface area contributed by atoms with Crippen LogP contribution in [0.5, 0.6) is 0 Å². The van der Waals surface area contributed by atoms with Crippen molar-refractivity contribution in [3.8, 4) is 0 Å². The van der Waals surface area contributed by atoms with Gasteiger partial charge in [0.25, 0.3) is 0 Å². The summed E-state index contributed by atoms with van der Waals surface area (Å²) in [6.07, 6.45) is 0. The first kappa shape index (κ1) is 14.7. The molecule has 0 saturated heterocycles. The smallest absolute Gasteiger partial charge is 0.184 e. The minimum atomic E-state index is 0.00232. The fourth-order valence-corrected chi connectivity index (χ4v) is 4.02. The summed E-state index contributed by atoms with van der Waals surface area (Å²) < 4.78 is 1.01. The number of benzene rings is 1. The van der Waals surface area contributed by atoms with Crippen molar-refractivity contribution in [3.05, 3.63) is 44.6 Å². The van der Waals surface area contributed by atoms with Gasteiger partial charge < -0.3 is 9.80 Å². The van der Waals surface area contributed by atoms with E-state index in [-0.39, 0.29) is 5.78 Å². The van der Waals surface area contributed by atoms with E-state index in [1.54, 1.807) is 6.07 Å². The van der Waals surface area contributed by atoms with Gasteiger partial charge in [-0.2, -0.15) is 0 Å². The Hall–Kier alpha value is -1.23. The van der Waals surface area contributed by atoms with Crippen LogP contribution in [0.4, 0.5) is 11.4 Å². The lowest BCUT2D eigenvalue weighted by Crippen LogP contribution is -2.41. The second-order valence-electron chi connectivity index (χ2n) is 4.99. The number of thiophene rings is 1. The zero-order valence-electron chi connectivity index (χ0n) is 11.5. The average molecular weight is 341 g/mol. The fraction of sp³-hybridized carbons (Fsp3) is 0.267. The number of para-hydroxylation sites is 2. The second kappa shape index (κ2) is 5.87. The zero-order chi connectivity index (χ0) is 15.0.